The van der Waals surface area contributed by atoms with Gasteiger partial charge in [0, 0.05) is 28.4 Å². The summed E-state index contributed by atoms with van der Waals surface area (Å²) in [5.41, 5.74) is 3.61. The zero-order valence-corrected chi connectivity index (χ0v) is 19.2. The third-order valence-electron chi connectivity index (χ3n) is 5.46. The molecule has 4 aromatic rings. The molecule has 2 aromatic carbocycles. The molecule has 2 aromatic heterocycles. The number of aliphatic carboxylic acids is 1. The second-order valence-electron chi connectivity index (χ2n) is 7.59. The van der Waals surface area contributed by atoms with Gasteiger partial charge in [0.25, 0.3) is 0 Å². The molecule has 0 aliphatic rings. The van der Waals surface area contributed by atoms with Crippen LogP contribution < -0.4 is 10.1 Å². The van der Waals surface area contributed by atoms with Gasteiger partial charge in [0.2, 0.25) is 0 Å². The molecule has 2 heterocycles. The van der Waals surface area contributed by atoms with E-state index in [1.165, 1.54) is 33.6 Å². The quantitative estimate of drug-likeness (QED) is 0.340. The lowest BCUT2D eigenvalue weighted by molar-refractivity contribution is -0.136. The number of anilines is 1. The minimum atomic E-state index is -1.12. The number of thiophene rings is 1. The second-order valence-corrected chi connectivity index (χ2v) is 8.53. The van der Waals surface area contributed by atoms with Gasteiger partial charge in [-0.05, 0) is 66.4 Å². The molecule has 0 saturated carbocycles. The molecular weight excluding hydrogens is 441 g/mol. The van der Waals surface area contributed by atoms with Crippen LogP contribution in [0.15, 0.2) is 48.1 Å². The predicted octanol–water partition coefficient (Wildman–Crippen LogP) is 5.49. The van der Waals surface area contributed by atoms with E-state index in [1.807, 2.05) is 0 Å². The summed E-state index contributed by atoms with van der Waals surface area (Å²) in [5, 5.41) is 15.8. The highest BCUT2D eigenvalue weighted by Gasteiger charge is 2.17. The molecule has 0 fully saturated rings. The van der Waals surface area contributed by atoms with Crippen molar-refractivity contribution in [3.8, 4) is 17.0 Å². The first-order valence-electron chi connectivity index (χ1n) is 10.6. The van der Waals surface area contributed by atoms with Crippen LogP contribution in [-0.4, -0.2) is 34.2 Å². The monoisotopic (exact) mass is 465 g/mol. The van der Waals surface area contributed by atoms with Crippen LogP contribution in [0.3, 0.4) is 0 Å². The average Bonchev–Trinajstić information content (AvgIpc) is 3.27. The van der Waals surface area contributed by atoms with E-state index in [-0.39, 0.29) is 11.3 Å². The van der Waals surface area contributed by atoms with Crippen molar-refractivity contribution in [2.24, 2.45) is 0 Å². The van der Waals surface area contributed by atoms with Gasteiger partial charge in [0.15, 0.2) is 0 Å². The number of carboxylic acid groups (broad SMARTS) is 1. The second kappa shape index (κ2) is 9.95. The van der Waals surface area contributed by atoms with E-state index in [4.69, 9.17) is 9.84 Å². The van der Waals surface area contributed by atoms with Gasteiger partial charge in [-0.3, -0.25) is 4.79 Å². The number of ether oxygens (including phenoxy) is 1. The van der Waals surface area contributed by atoms with E-state index in [9.17, 15) is 9.18 Å². The smallest absolute Gasteiger partial charge is 0.308 e. The zero-order chi connectivity index (χ0) is 23.4. The Morgan fingerprint density at radius 3 is 2.85 bits per heavy atom. The maximum Gasteiger partial charge on any atom is 0.308 e. The molecule has 0 spiro atoms. The maximum absolute atomic E-state index is 14.7. The standard InChI is InChI=1S/C25H24FN3O3S/c1-3-32-22-11-17(10-20(26)19(22)12-25(30)31)21-13-24(29-14-28-21)27-8-6-16-4-5-23-18(15(16)2)7-9-33-23/h4-5,7,9-11,13-14H,3,6,8,12H2,1-2H3,(H,30,31)(H,27,28,29). The van der Waals surface area contributed by atoms with Gasteiger partial charge < -0.3 is 15.2 Å². The summed E-state index contributed by atoms with van der Waals surface area (Å²) in [5.74, 6) is -0.917. The Balaban J connectivity index is 1.51. The van der Waals surface area contributed by atoms with Gasteiger partial charge in [-0.15, -0.1) is 11.3 Å². The summed E-state index contributed by atoms with van der Waals surface area (Å²) >= 11 is 1.74. The van der Waals surface area contributed by atoms with Crippen LogP contribution in [0, 0.1) is 12.7 Å². The van der Waals surface area contributed by atoms with Crippen LogP contribution in [-0.2, 0) is 17.6 Å². The lowest BCUT2D eigenvalue weighted by Crippen LogP contribution is -2.08. The third kappa shape index (κ3) is 5.12. The van der Waals surface area contributed by atoms with Gasteiger partial charge >= 0.3 is 5.97 Å². The number of nitrogens with one attached hydrogen (secondary N) is 1. The number of benzene rings is 2. The maximum atomic E-state index is 14.7. The number of carboxylic acids is 1. The topological polar surface area (TPSA) is 84.3 Å². The Labute approximate surface area is 195 Å². The van der Waals surface area contributed by atoms with Gasteiger partial charge in [0.1, 0.15) is 23.7 Å². The molecule has 8 heteroatoms. The molecule has 0 atom stereocenters. The summed E-state index contributed by atoms with van der Waals surface area (Å²) in [6.07, 6.45) is 1.81. The summed E-state index contributed by atoms with van der Waals surface area (Å²) in [6, 6.07) is 11.1. The van der Waals surface area contributed by atoms with Crippen LogP contribution in [0.1, 0.15) is 23.6 Å². The summed E-state index contributed by atoms with van der Waals surface area (Å²) in [7, 11) is 0. The fourth-order valence-electron chi connectivity index (χ4n) is 3.81. The SMILES string of the molecule is CCOc1cc(-c2cc(NCCc3ccc4sccc4c3C)ncn2)cc(F)c1CC(=O)O. The van der Waals surface area contributed by atoms with Crippen LogP contribution in [0.25, 0.3) is 21.3 Å². The minimum Gasteiger partial charge on any atom is -0.493 e. The Kier molecular flexibility index (Phi) is 6.84. The Hall–Kier alpha value is -3.52. The van der Waals surface area contributed by atoms with Crippen molar-refractivity contribution in [3.63, 3.8) is 0 Å². The number of hydrogen-bond acceptors (Lipinski definition) is 6. The summed E-state index contributed by atoms with van der Waals surface area (Å²) < 4.78 is 21.5. The van der Waals surface area contributed by atoms with Crippen LogP contribution >= 0.6 is 11.3 Å². The van der Waals surface area contributed by atoms with Gasteiger partial charge in [-0.1, -0.05) is 6.07 Å². The van der Waals surface area contributed by atoms with Gasteiger partial charge in [0.05, 0.1) is 18.7 Å². The fraction of sp³-hybridized carbons (Fsp3) is 0.240. The molecule has 0 unspecified atom stereocenters. The first-order valence-corrected chi connectivity index (χ1v) is 11.5. The molecular formula is C25H24FN3O3S. The van der Waals surface area contributed by atoms with Crippen molar-refractivity contribution in [1.29, 1.82) is 0 Å². The predicted molar refractivity (Wildman–Crippen MR) is 129 cm³/mol. The highest BCUT2D eigenvalue weighted by atomic mass is 32.1. The lowest BCUT2D eigenvalue weighted by Gasteiger charge is -2.13. The van der Waals surface area contributed by atoms with Gasteiger partial charge in [-0.2, -0.15) is 0 Å². The first-order chi connectivity index (χ1) is 16.0. The highest BCUT2D eigenvalue weighted by molar-refractivity contribution is 7.17. The number of aromatic nitrogens is 2. The number of hydrogen-bond donors (Lipinski definition) is 2. The largest absolute Gasteiger partial charge is 0.493 e. The molecule has 0 aliphatic heterocycles. The third-order valence-corrected chi connectivity index (χ3v) is 6.34. The van der Waals surface area contributed by atoms with Crippen molar-refractivity contribution in [2.45, 2.75) is 26.7 Å². The Morgan fingerprint density at radius 1 is 1.21 bits per heavy atom. The number of aryl methyl sites for hydroxylation is 1. The van der Waals surface area contributed by atoms with E-state index < -0.39 is 18.2 Å². The molecule has 0 radical (unpaired) electrons. The normalized spacial score (nSPS) is 11.0. The number of nitrogens with zero attached hydrogens (tertiary/aromatic N) is 2. The summed E-state index contributed by atoms with van der Waals surface area (Å²) in [6.45, 7) is 4.89. The van der Waals surface area contributed by atoms with E-state index in [0.29, 0.717) is 30.2 Å². The van der Waals surface area contributed by atoms with Crippen molar-refractivity contribution in [1.82, 2.24) is 9.97 Å². The van der Waals surface area contributed by atoms with E-state index in [1.54, 1.807) is 30.4 Å². The highest BCUT2D eigenvalue weighted by Crippen LogP contribution is 2.30. The average molecular weight is 466 g/mol. The van der Waals surface area contributed by atoms with Crippen molar-refractivity contribution >= 4 is 33.2 Å². The van der Waals surface area contributed by atoms with Crippen molar-refractivity contribution in [2.75, 3.05) is 18.5 Å². The summed E-state index contributed by atoms with van der Waals surface area (Å²) in [4.78, 5) is 19.6. The molecule has 0 saturated heterocycles. The molecule has 2 N–H and O–H groups in total. The van der Waals surface area contributed by atoms with Crippen molar-refractivity contribution < 1.29 is 19.0 Å². The molecule has 33 heavy (non-hydrogen) atoms. The lowest BCUT2D eigenvalue weighted by atomic mass is 10.0. The molecule has 6 nitrogen and oxygen atoms in total. The van der Waals surface area contributed by atoms with Crippen LogP contribution in [0.4, 0.5) is 10.2 Å². The van der Waals surface area contributed by atoms with Gasteiger partial charge in [-0.25, -0.2) is 14.4 Å². The molecule has 4 rings (SSSR count). The number of halogens is 1. The van der Waals surface area contributed by atoms with E-state index >= 15 is 0 Å². The fourth-order valence-corrected chi connectivity index (χ4v) is 4.65. The van der Waals surface area contributed by atoms with E-state index in [0.717, 1.165) is 6.42 Å². The molecule has 0 aliphatic carbocycles. The number of fused-ring (bicyclic) bond motifs is 1. The minimum absolute atomic E-state index is 0.0264. The van der Waals surface area contributed by atoms with Crippen LogP contribution in [0.5, 0.6) is 5.75 Å². The van der Waals surface area contributed by atoms with Crippen LogP contribution in [0.2, 0.25) is 0 Å². The molecule has 0 amide bonds. The number of carbonyl (C=O) groups is 1. The Morgan fingerprint density at radius 2 is 2.06 bits per heavy atom. The molecule has 170 valence electrons. The van der Waals surface area contributed by atoms with Crippen molar-refractivity contribution in [3.05, 3.63) is 70.6 Å². The zero-order valence-electron chi connectivity index (χ0n) is 18.4. The Bertz CT molecular complexity index is 1310. The van der Waals surface area contributed by atoms with E-state index in [2.05, 4.69) is 45.8 Å². The molecule has 0 bridgehead atoms. The number of rotatable bonds is 9. The first kappa shape index (κ1) is 22.7.